The van der Waals surface area contributed by atoms with E-state index >= 15 is 0 Å². The number of carbonyl (C=O) groups excluding carboxylic acids is 1. The van der Waals surface area contributed by atoms with Gasteiger partial charge in [-0.3, -0.25) is 9.48 Å². The summed E-state index contributed by atoms with van der Waals surface area (Å²) in [6, 6.07) is 0. The lowest BCUT2D eigenvalue weighted by atomic mass is 10.1. The zero-order chi connectivity index (χ0) is 11.4. The van der Waals surface area contributed by atoms with Gasteiger partial charge in [0.1, 0.15) is 5.88 Å². The Morgan fingerprint density at radius 2 is 2.33 bits per heavy atom. The van der Waals surface area contributed by atoms with E-state index < -0.39 is 0 Å². The van der Waals surface area contributed by atoms with Crippen LogP contribution in [0.3, 0.4) is 0 Å². The molecule has 4 nitrogen and oxygen atoms in total. The average molecular weight is 230 g/mol. The van der Waals surface area contributed by atoms with Crippen LogP contribution in [0.25, 0.3) is 0 Å². The Labute approximate surface area is 94.6 Å². The first-order valence-electron chi connectivity index (χ1n) is 4.89. The number of alkyl halides is 1. The molecule has 0 bridgehead atoms. The molecule has 0 aliphatic heterocycles. The van der Waals surface area contributed by atoms with Crippen molar-refractivity contribution in [3.05, 3.63) is 17.5 Å². The lowest BCUT2D eigenvalue weighted by Gasteiger charge is -2.05. The molecule has 1 rings (SSSR count). The highest BCUT2D eigenvalue weighted by Gasteiger charge is 2.11. The van der Waals surface area contributed by atoms with Crippen molar-refractivity contribution in [2.45, 2.75) is 26.3 Å². The number of carbonyl (C=O) groups is 1. The molecule has 0 aliphatic carbocycles. The van der Waals surface area contributed by atoms with Gasteiger partial charge in [0, 0.05) is 25.4 Å². The zero-order valence-electron chi connectivity index (χ0n) is 9.25. The van der Waals surface area contributed by atoms with E-state index in [1.165, 1.54) is 0 Å². The topological polar surface area (TPSA) is 46.9 Å². The second-order valence-corrected chi connectivity index (χ2v) is 4.05. The van der Waals surface area contributed by atoms with Crippen LogP contribution in [0, 0.1) is 0 Å². The number of aromatic nitrogens is 2. The van der Waals surface area contributed by atoms with Crippen molar-refractivity contribution in [1.82, 2.24) is 15.1 Å². The first-order valence-corrected chi connectivity index (χ1v) is 5.43. The van der Waals surface area contributed by atoms with Gasteiger partial charge in [-0.05, 0) is 5.92 Å². The van der Waals surface area contributed by atoms with Crippen molar-refractivity contribution in [1.29, 1.82) is 0 Å². The normalized spacial score (nSPS) is 10.7. The summed E-state index contributed by atoms with van der Waals surface area (Å²) in [7, 11) is 1.87. The third-order valence-corrected chi connectivity index (χ3v) is 2.32. The van der Waals surface area contributed by atoms with Crippen LogP contribution in [0.1, 0.15) is 31.0 Å². The largest absolute Gasteiger partial charge is 0.351 e. The molecule has 0 spiro atoms. The summed E-state index contributed by atoms with van der Waals surface area (Å²) >= 11 is 5.39. The summed E-state index contributed by atoms with van der Waals surface area (Å²) in [5.74, 6) is 0.196. The number of hydrogen-bond acceptors (Lipinski definition) is 2. The Morgan fingerprint density at radius 3 is 2.87 bits per heavy atom. The van der Waals surface area contributed by atoms with Gasteiger partial charge in [-0.1, -0.05) is 13.8 Å². The summed E-state index contributed by atoms with van der Waals surface area (Å²) in [4.78, 5) is 11.0. The molecule has 0 saturated carbocycles. The van der Waals surface area contributed by atoms with Crippen molar-refractivity contribution in [3.63, 3.8) is 0 Å². The van der Waals surface area contributed by atoms with Crippen LogP contribution < -0.4 is 5.32 Å². The van der Waals surface area contributed by atoms with Crippen LogP contribution >= 0.6 is 11.6 Å². The number of aryl methyl sites for hydroxylation is 1. The van der Waals surface area contributed by atoms with Gasteiger partial charge >= 0.3 is 0 Å². The maximum Gasteiger partial charge on any atom is 0.235 e. The van der Waals surface area contributed by atoms with Crippen LogP contribution in [-0.4, -0.2) is 21.6 Å². The Hall–Kier alpha value is -1.03. The molecule has 0 fully saturated rings. The zero-order valence-corrected chi connectivity index (χ0v) is 10.0. The predicted molar refractivity (Wildman–Crippen MR) is 59.9 cm³/mol. The minimum atomic E-state index is -0.157. The highest BCUT2D eigenvalue weighted by atomic mass is 35.5. The fourth-order valence-corrected chi connectivity index (χ4v) is 1.51. The fourth-order valence-electron chi connectivity index (χ4n) is 1.42. The van der Waals surface area contributed by atoms with Gasteiger partial charge in [-0.2, -0.15) is 5.10 Å². The number of halogens is 1. The molecule has 1 amide bonds. The van der Waals surface area contributed by atoms with Crippen molar-refractivity contribution in [2.24, 2.45) is 7.05 Å². The molecule has 15 heavy (non-hydrogen) atoms. The number of nitrogens with zero attached hydrogens (tertiary/aromatic N) is 2. The molecular formula is C10H16ClN3O. The van der Waals surface area contributed by atoms with Crippen LogP contribution in [0.15, 0.2) is 6.20 Å². The van der Waals surface area contributed by atoms with E-state index in [1.54, 1.807) is 4.68 Å². The molecule has 1 aromatic rings. The molecule has 0 unspecified atom stereocenters. The lowest BCUT2D eigenvalue weighted by molar-refractivity contribution is -0.118. The SMILES string of the molecule is CC(C)c1nn(C)cc1CNC(=O)CCl. The highest BCUT2D eigenvalue weighted by molar-refractivity contribution is 6.27. The maximum atomic E-state index is 11.0. The minimum absolute atomic E-state index is 0.00270. The third kappa shape index (κ3) is 3.23. The van der Waals surface area contributed by atoms with Crippen molar-refractivity contribution in [3.8, 4) is 0 Å². The molecule has 0 aliphatic rings. The molecule has 0 radical (unpaired) electrons. The van der Waals surface area contributed by atoms with Crippen LogP contribution in [0.2, 0.25) is 0 Å². The van der Waals surface area contributed by atoms with Gasteiger partial charge in [0.05, 0.1) is 5.69 Å². The van der Waals surface area contributed by atoms with Crippen molar-refractivity contribution in [2.75, 3.05) is 5.88 Å². The van der Waals surface area contributed by atoms with E-state index in [1.807, 2.05) is 13.2 Å². The lowest BCUT2D eigenvalue weighted by Crippen LogP contribution is -2.24. The van der Waals surface area contributed by atoms with Crippen molar-refractivity contribution >= 4 is 17.5 Å². The number of hydrogen-bond donors (Lipinski definition) is 1. The highest BCUT2D eigenvalue weighted by Crippen LogP contribution is 2.16. The Balaban J connectivity index is 2.71. The summed E-state index contributed by atoms with van der Waals surface area (Å²) in [5.41, 5.74) is 2.07. The van der Waals surface area contributed by atoms with Gasteiger partial charge in [0.25, 0.3) is 0 Å². The van der Waals surface area contributed by atoms with E-state index in [0.717, 1.165) is 11.3 Å². The maximum absolute atomic E-state index is 11.0. The van der Waals surface area contributed by atoms with Gasteiger partial charge in [-0.25, -0.2) is 0 Å². The van der Waals surface area contributed by atoms with E-state index in [-0.39, 0.29) is 11.8 Å². The van der Waals surface area contributed by atoms with Crippen LogP contribution in [-0.2, 0) is 18.4 Å². The van der Waals surface area contributed by atoms with Gasteiger partial charge in [0.2, 0.25) is 5.91 Å². The Kier molecular flexibility index (Phi) is 4.15. The molecule has 0 aromatic carbocycles. The minimum Gasteiger partial charge on any atom is -0.351 e. The quantitative estimate of drug-likeness (QED) is 0.794. The van der Waals surface area contributed by atoms with Crippen LogP contribution in [0.5, 0.6) is 0 Å². The smallest absolute Gasteiger partial charge is 0.235 e. The van der Waals surface area contributed by atoms with Crippen LogP contribution in [0.4, 0.5) is 0 Å². The van der Waals surface area contributed by atoms with E-state index in [4.69, 9.17) is 11.6 Å². The van der Waals surface area contributed by atoms with Gasteiger partial charge in [-0.15, -0.1) is 11.6 Å². The van der Waals surface area contributed by atoms with E-state index in [2.05, 4.69) is 24.3 Å². The second-order valence-electron chi connectivity index (χ2n) is 3.78. The molecule has 84 valence electrons. The summed E-state index contributed by atoms with van der Waals surface area (Å²) < 4.78 is 1.76. The average Bonchev–Trinajstić information content (AvgIpc) is 2.56. The summed E-state index contributed by atoms with van der Waals surface area (Å²) in [6.07, 6.45) is 1.92. The Bertz CT molecular complexity index is 346. The third-order valence-electron chi connectivity index (χ3n) is 2.08. The first kappa shape index (κ1) is 12.0. The number of rotatable bonds is 4. The molecule has 0 atom stereocenters. The molecule has 1 heterocycles. The molecular weight excluding hydrogens is 214 g/mol. The molecule has 1 N–H and O–H groups in total. The molecule has 0 saturated heterocycles. The van der Waals surface area contributed by atoms with E-state index in [0.29, 0.717) is 12.5 Å². The number of amides is 1. The van der Waals surface area contributed by atoms with Gasteiger partial charge in [0.15, 0.2) is 0 Å². The van der Waals surface area contributed by atoms with Gasteiger partial charge < -0.3 is 5.32 Å². The standard InChI is InChI=1S/C10H16ClN3O/c1-7(2)10-8(6-14(3)13-10)5-12-9(15)4-11/h6-7H,4-5H2,1-3H3,(H,12,15). The monoisotopic (exact) mass is 229 g/mol. The molecule has 1 aromatic heterocycles. The first-order chi connectivity index (χ1) is 7.04. The Morgan fingerprint density at radius 1 is 1.67 bits per heavy atom. The molecule has 5 heteroatoms. The number of nitrogens with one attached hydrogen (secondary N) is 1. The summed E-state index contributed by atoms with van der Waals surface area (Å²) in [5, 5.41) is 7.08. The predicted octanol–water partition coefficient (Wildman–Crippen LogP) is 1.40. The fraction of sp³-hybridized carbons (Fsp3) is 0.600. The second kappa shape index (κ2) is 5.16. The van der Waals surface area contributed by atoms with Crippen molar-refractivity contribution < 1.29 is 4.79 Å². The summed E-state index contributed by atoms with van der Waals surface area (Å²) in [6.45, 7) is 4.65. The van der Waals surface area contributed by atoms with E-state index in [9.17, 15) is 4.79 Å².